The van der Waals surface area contributed by atoms with E-state index < -0.39 is 27.6 Å². The summed E-state index contributed by atoms with van der Waals surface area (Å²) < 4.78 is 55.2. The highest BCUT2D eigenvalue weighted by atomic mass is 32.2. The summed E-state index contributed by atoms with van der Waals surface area (Å²) in [5.74, 6) is -1.91. The van der Waals surface area contributed by atoms with Gasteiger partial charge in [-0.05, 0) is 84.3 Å². The molecule has 0 amide bonds. The molecule has 0 unspecified atom stereocenters. The monoisotopic (exact) mass is 592 g/mol. The number of carbonyl (C=O) groups is 1. The van der Waals surface area contributed by atoms with Crippen LogP contribution in [0.5, 0.6) is 0 Å². The first kappa shape index (κ1) is 26.9. The van der Waals surface area contributed by atoms with Crippen molar-refractivity contribution in [3.05, 3.63) is 95.1 Å². The van der Waals surface area contributed by atoms with E-state index in [9.17, 15) is 22.7 Å². The number of hydrogen-bond donors (Lipinski definition) is 2. The lowest BCUT2D eigenvalue weighted by Crippen LogP contribution is -2.12. The third-order valence-electron chi connectivity index (χ3n) is 6.81. The molecule has 6 rings (SSSR count). The first-order valence-corrected chi connectivity index (χ1v) is 15.0. The molecular formula is C29H22F2N4O4S2. The van der Waals surface area contributed by atoms with Gasteiger partial charge in [-0.2, -0.15) is 5.10 Å². The van der Waals surface area contributed by atoms with Gasteiger partial charge < -0.3 is 5.11 Å². The van der Waals surface area contributed by atoms with E-state index in [4.69, 9.17) is 10.2 Å². The van der Waals surface area contributed by atoms with Gasteiger partial charge in [-0.3, -0.25) is 0 Å². The number of carboxylic acids is 1. The lowest BCUT2D eigenvalue weighted by atomic mass is 9.94. The van der Waals surface area contributed by atoms with Crippen molar-refractivity contribution in [1.82, 2.24) is 14.8 Å². The number of halogens is 2. The Balaban J connectivity index is 1.66. The van der Waals surface area contributed by atoms with Crippen molar-refractivity contribution < 1.29 is 27.1 Å². The summed E-state index contributed by atoms with van der Waals surface area (Å²) in [6.07, 6.45) is 2.57. The fraction of sp³-hybridized carbons (Fsp3) is 0.138. The van der Waals surface area contributed by atoms with Crippen molar-refractivity contribution in [2.75, 3.05) is 0 Å². The maximum absolute atomic E-state index is 15.2. The second-order valence-electron chi connectivity index (χ2n) is 9.86. The molecule has 0 radical (unpaired) electrons. The van der Waals surface area contributed by atoms with Crippen LogP contribution in [0.4, 0.5) is 8.78 Å². The van der Waals surface area contributed by atoms with Crippen molar-refractivity contribution in [3.8, 4) is 38.6 Å². The molecule has 0 saturated heterocycles. The van der Waals surface area contributed by atoms with Crippen LogP contribution in [0.2, 0.25) is 0 Å². The summed E-state index contributed by atoms with van der Waals surface area (Å²) in [6.45, 7) is 0. The van der Waals surface area contributed by atoms with Crippen LogP contribution in [-0.4, -0.2) is 34.3 Å². The van der Waals surface area contributed by atoms with Crippen LogP contribution >= 0.6 is 11.3 Å². The molecule has 208 valence electrons. The lowest BCUT2D eigenvalue weighted by molar-refractivity contribution is 0.0691. The second kappa shape index (κ2) is 10.3. The number of primary sulfonamides is 1. The molecule has 0 atom stereocenters. The predicted octanol–water partition coefficient (Wildman–Crippen LogP) is 5.91. The van der Waals surface area contributed by atoms with Crippen LogP contribution < -0.4 is 5.14 Å². The highest BCUT2D eigenvalue weighted by molar-refractivity contribution is 7.89. The fourth-order valence-electron chi connectivity index (χ4n) is 4.76. The SMILES string of the molecule is NS(=O)(=O)c1cccc(-c2c(CC3CC3)nn(-c3nc(C(=O)O)cs3)c2-c2cc(F)cc(-c3cccc(F)c3)c2)c1. The van der Waals surface area contributed by atoms with Crippen molar-refractivity contribution in [2.24, 2.45) is 11.1 Å². The minimum absolute atomic E-state index is 0.104. The Labute approximate surface area is 237 Å². The number of hydrogen-bond acceptors (Lipinski definition) is 6. The van der Waals surface area contributed by atoms with E-state index in [0.29, 0.717) is 51.5 Å². The van der Waals surface area contributed by atoms with Gasteiger partial charge in [0.05, 0.1) is 16.3 Å². The Kier molecular flexibility index (Phi) is 6.76. The smallest absolute Gasteiger partial charge is 0.355 e. The third-order valence-corrected chi connectivity index (χ3v) is 8.54. The molecule has 41 heavy (non-hydrogen) atoms. The van der Waals surface area contributed by atoms with Crippen LogP contribution in [0.15, 0.2) is 77.0 Å². The number of benzene rings is 3. The molecule has 1 aliphatic carbocycles. The zero-order valence-corrected chi connectivity index (χ0v) is 22.9. The Morgan fingerprint density at radius 2 is 1.68 bits per heavy atom. The molecule has 3 aromatic carbocycles. The first-order chi connectivity index (χ1) is 19.6. The Morgan fingerprint density at radius 3 is 2.37 bits per heavy atom. The topological polar surface area (TPSA) is 128 Å². The van der Waals surface area contributed by atoms with Crippen molar-refractivity contribution in [1.29, 1.82) is 0 Å². The molecule has 1 fully saturated rings. The van der Waals surface area contributed by atoms with E-state index >= 15 is 4.39 Å². The highest BCUT2D eigenvalue weighted by Gasteiger charge is 2.30. The molecule has 8 nitrogen and oxygen atoms in total. The number of sulfonamides is 1. The van der Waals surface area contributed by atoms with Gasteiger partial charge >= 0.3 is 5.97 Å². The molecule has 0 spiro atoms. The predicted molar refractivity (Wildman–Crippen MR) is 150 cm³/mol. The molecular weight excluding hydrogens is 570 g/mol. The molecule has 1 aliphatic rings. The van der Waals surface area contributed by atoms with Gasteiger partial charge in [0.25, 0.3) is 0 Å². The standard InChI is InChI=1S/C29H22F2N4O4S2/c30-21-5-1-3-17(11-21)19-10-20(13-22(31)12-19)27-26(18-4-2-6-23(14-18)41(32,38)39)24(9-16-7-8-16)34-35(27)29-33-25(15-40-29)28(36)37/h1-6,10-16H,7-9H2,(H,36,37)(H2,32,38,39). The maximum Gasteiger partial charge on any atom is 0.355 e. The van der Waals surface area contributed by atoms with Gasteiger partial charge in [0.1, 0.15) is 11.6 Å². The Bertz CT molecular complexity index is 1930. The summed E-state index contributed by atoms with van der Waals surface area (Å²) in [6, 6.07) is 16.2. The Hall–Kier alpha value is -4.26. The second-order valence-corrected chi connectivity index (χ2v) is 12.3. The average Bonchev–Trinajstić information content (AvgIpc) is 3.45. The van der Waals surface area contributed by atoms with Gasteiger partial charge in [-0.1, -0.05) is 24.3 Å². The summed E-state index contributed by atoms with van der Waals surface area (Å²) in [5.41, 5.74) is 3.09. The number of nitrogens with two attached hydrogens (primary N) is 1. The largest absolute Gasteiger partial charge is 0.476 e. The molecule has 5 aromatic rings. The van der Waals surface area contributed by atoms with E-state index in [1.54, 1.807) is 24.3 Å². The van der Waals surface area contributed by atoms with Gasteiger partial charge in [0.15, 0.2) is 5.69 Å². The van der Waals surface area contributed by atoms with Crippen molar-refractivity contribution >= 4 is 27.3 Å². The van der Waals surface area contributed by atoms with Crippen LogP contribution in [0.1, 0.15) is 29.0 Å². The van der Waals surface area contributed by atoms with Gasteiger partial charge in [0.2, 0.25) is 15.2 Å². The zero-order chi connectivity index (χ0) is 28.9. The molecule has 2 heterocycles. The van der Waals surface area contributed by atoms with E-state index in [2.05, 4.69) is 4.98 Å². The van der Waals surface area contributed by atoms with E-state index in [0.717, 1.165) is 24.2 Å². The van der Waals surface area contributed by atoms with E-state index in [1.165, 1.54) is 52.5 Å². The summed E-state index contributed by atoms with van der Waals surface area (Å²) >= 11 is 1.05. The number of rotatable bonds is 8. The molecule has 1 saturated carbocycles. The van der Waals surface area contributed by atoms with Crippen LogP contribution in [-0.2, 0) is 16.4 Å². The van der Waals surface area contributed by atoms with Crippen LogP contribution in [0, 0.1) is 17.6 Å². The van der Waals surface area contributed by atoms with Crippen LogP contribution in [0.3, 0.4) is 0 Å². The third kappa shape index (κ3) is 5.53. The molecule has 0 bridgehead atoms. The van der Waals surface area contributed by atoms with Crippen molar-refractivity contribution in [3.63, 3.8) is 0 Å². The summed E-state index contributed by atoms with van der Waals surface area (Å²) in [7, 11) is -4.04. The number of aromatic nitrogens is 3. The minimum Gasteiger partial charge on any atom is -0.476 e. The number of nitrogens with zero attached hydrogens (tertiary/aromatic N) is 3. The summed E-state index contributed by atoms with van der Waals surface area (Å²) in [4.78, 5) is 15.8. The number of aromatic carboxylic acids is 1. The zero-order valence-electron chi connectivity index (χ0n) is 21.3. The van der Waals surface area contributed by atoms with E-state index in [1.807, 2.05) is 0 Å². The molecule has 12 heteroatoms. The maximum atomic E-state index is 15.2. The number of carboxylic acid groups (broad SMARTS) is 1. The first-order valence-electron chi connectivity index (χ1n) is 12.6. The Morgan fingerprint density at radius 1 is 0.976 bits per heavy atom. The minimum atomic E-state index is -4.04. The quantitative estimate of drug-likeness (QED) is 0.231. The van der Waals surface area contributed by atoms with Gasteiger partial charge in [-0.15, -0.1) is 11.3 Å². The van der Waals surface area contributed by atoms with Gasteiger partial charge in [0, 0.05) is 16.5 Å². The molecule has 3 N–H and O–H groups in total. The number of thiazole rings is 1. The lowest BCUT2D eigenvalue weighted by Gasteiger charge is -2.12. The fourth-order valence-corrected chi connectivity index (χ4v) is 6.07. The normalized spacial score (nSPS) is 13.4. The van der Waals surface area contributed by atoms with Crippen molar-refractivity contribution in [2.45, 2.75) is 24.2 Å². The van der Waals surface area contributed by atoms with Gasteiger partial charge in [-0.25, -0.2) is 36.8 Å². The highest BCUT2D eigenvalue weighted by Crippen LogP contribution is 2.43. The average molecular weight is 593 g/mol. The van der Waals surface area contributed by atoms with E-state index in [-0.39, 0.29) is 15.7 Å². The molecule has 2 aromatic heterocycles. The molecule has 0 aliphatic heterocycles. The van der Waals surface area contributed by atoms with Crippen LogP contribution in [0.25, 0.3) is 38.6 Å². The summed E-state index contributed by atoms with van der Waals surface area (Å²) in [5, 5.41) is 21.4.